The molecule has 17 heavy (non-hydrogen) atoms. The summed E-state index contributed by atoms with van der Waals surface area (Å²) < 4.78 is 5.60. The zero-order valence-electron chi connectivity index (χ0n) is 8.77. The Morgan fingerprint density at radius 2 is 2.41 bits per heavy atom. The van der Waals surface area contributed by atoms with Gasteiger partial charge in [0.2, 0.25) is 0 Å². The van der Waals surface area contributed by atoms with E-state index >= 15 is 0 Å². The second kappa shape index (κ2) is 5.20. The molecule has 1 aromatic heterocycles. The summed E-state index contributed by atoms with van der Waals surface area (Å²) >= 11 is 7.37. The van der Waals surface area contributed by atoms with Gasteiger partial charge in [-0.05, 0) is 18.2 Å². The average Bonchev–Trinajstić information content (AvgIpc) is 2.66. The van der Waals surface area contributed by atoms with Gasteiger partial charge < -0.3 is 15.8 Å². The number of nitrogens with zero attached hydrogens (tertiary/aromatic N) is 1. The molecule has 90 valence electrons. The number of fused-ring (bicyclic) bond motifs is 1. The third-order valence-electron chi connectivity index (χ3n) is 1.97. The summed E-state index contributed by atoms with van der Waals surface area (Å²) in [5, 5.41) is 4.48. The molecule has 2 rings (SSSR count). The molecule has 2 aromatic rings. The minimum Gasteiger partial charge on any atom is -0.448 e. The van der Waals surface area contributed by atoms with Gasteiger partial charge in [-0.25, -0.2) is 9.78 Å². The second-order valence-electron chi connectivity index (χ2n) is 3.23. The smallest absolute Gasteiger partial charge is 0.404 e. The van der Waals surface area contributed by atoms with Crippen molar-refractivity contribution in [3.63, 3.8) is 0 Å². The van der Waals surface area contributed by atoms with Crippen molar-refractivity contribution < 1.29 is 9.53 Å². The van der Waals surface area contributed by atoms with Crippen LogP contribution < -0.4 is 11.1 Å². The molecule has 3 N–H and O–H groups in total. The van der Waals surface area contributed by atoms with Crippen molar-refractivity contribution >= 4 is 44.4 Å². The zero-order valence-corrected chi connectivity index (χ0v) is 10.3. The summed E-state index contributed by atoms with van der Waals surface area (Å²) in [5.74, 6) is 0. The van der Waals surface area contributed by atoms with Crippen LogP contribution >= 0.6 is 22.9 Å². The maximum Gasteiger partial charge on any atom is 0.404 e. The van der Waals surface area contributed by atoms with Crippen molar-refractivity contribution in [3.05, 3.63) is 23.2 Å². The Morgan fingerprint density at radius 3 is 3.18 bits per heavy atom. The van der Waals surface area contributed by atoms with Crippen molar-refractivity contribution in [3.8, 4) is 0 Å². The number of primary amides is 1. The van der Waals surface area contributed by atoms with E-state index in [4.69, 9.17) is 17.3 Å². The van der Waals surface area contributed by atoms with Gasteiger partial charge in [0.15, 0.2) is 5.13 Å². The minimum absolute atomic E-state index is 0.214. The van der Waals surface area contributed by atoms with Crippen LogP contribution in [0, 0.1) is 0 Å². The predicted molar refractivity (Wildman–Crippen MR) is 68.7 cm³/mol. The molecule has 0 aliphatic heterocycles. The van der Waals surface area contributed by atoms with Gasteiger partial charge in [-0.15, -0.1) is 0 Å². The number of aromatic nitrogens is 1. The van der Waals surface area contributed by atoms with Crippen LogP contribution in [-0.2, 0) is 4.74 Å². The Morgan fingerprint density at radius 1 is 1.59 bits per heavy atom. The van der Waals surface area contributed by atoms with E-state index in [0.29, 0.717) is 11.6 Å². The first-order valence-corrected chi connectivity index (χ1v) is 6.07. The molecule has 7 heteroatoms. The largest absolute Gasteiger partial charge is 0.448 e. The summed E-state index contributed by atoms with van der Waals surface area (Å²) in [6.07, 6.45) is -0.775. The van der Waals surface area contributed by atoms with Crippen molar-refractivity contribution in [2.45, 2.75) is 0 Å². The highest BCUT2D eigenvalue weighted by Crippen LogP contribution is 2.27. The maximum absolute atomic E-state index is 10.3. The number of carbonyl (C=O) groups is 1. The average molecular weight is 272 g/mol. The Kier molecular flexibility index (Phi) is 3.65. The lowest BCUT2D eigenvalue weighted by Crippen LogP contribution is -2.18. The highest BCUT2D eigenvalue weighted by Gasteiger charge is 2.03. The van der Waals surface area contributed by atoms with Crippen LogP contribution in [0.5, 0.6) is 0 Å². The Hall–Kier alpha value is -1.53. The molecular weight excluding hydrogens is 262 g/mol. The van der Waals surface area contributed by atoms with E-state index in [-0.39, 0.29) is 6.61 Å². The van der Waals surface area contributed by atoms with Crippen LogP contribution in [0.25, 0.3) is 10.2 Å². The summed E-state index contributed by atoms with van der Waals surface area (Å²) in [5.41, 5.74) is 5.72. The molecule has 0 saturated carbocycles. The molecule has 0 aliphatic carbocycles. The first-order valence-electron chi connectivity index (χ1n) is 4.87. The van der Waals surface area contributed by atoms with Crippen molar-refractivity contribution in [1.82, 2.24) is 4.98 Å². The van der Waals surface area contributed by atoms with Crippen molar-refractivity contribution in [1.29, 1.82) is 0 Å². The Bertz CT molecular complexity index is 543. The zero-order chi connectivity index (χ0) is 12.3. The van der Waals surface area contributed by atoms with Crippen LogP contribution in [0.3, 0.4) is 0 Å². The number of ether oxygens (including phenoxy) is 1. The molecular formula is C10H10ClN3O2S. The van der Waals surface area contributed by atoms with E-state index in [1.165, 1.54) is 11.3 Å². The molecule has 0 saturated heterocycles. The Labute approximate surface area is 107 Å². The second-order valence-corrected chi connectivity index (χ2v) is 4.69. The van der Waals surface area contributed by atoms with Gasteiger partial charge in [0.25, 0.3) is 0 Å². The number of halogens is 1. The Balaban J connectivity index is 1.97. The SMILES string of the molecule is NC(=O)OCCNc1nc2ccc(Cl)cc2s1. The molecule has 0 spiro atoms. The van der Waals surface area contributed by atoms with Crippen molar-refractivity contribution in [2.24, 2.45) is 5.73 Å². The van der Waals surface area contributed by atoms with Gasteiger partial charge in [-0.2, -0.15) is 0 Å². The fraction of sp³-hybridized carbons (Fsp3) is 0.200. The van der Waals surface area contributed by atoms with Crippen LogP contribution in [-0.4, -0.2) is 24.2 Å². The lowest BCUT2D eigenvalue weighted by atomic mass is 10.3. The van der Waals surface area contributed by atoms with E-state index in [9.17, 15) is 4.79 Å². The number of rotatable bonds is 4. The fourth-order valence-corrected chi connectivity index (χ4v) is 2.45. The maximum atomic E-state index is 10.3. The molecule has 0 radical (unpaired) electrons. The van der Waals surface area contributed by atoms with Crippen LogP contribution in [0.1, 0.15) is 0 Å². The lowest BCUT2D eigenvalue weighted by molar-refractivity contribution is 0.161. The first-order chi connectivity index (χ1) is 8.15. The van der Waals surface area contributed by atoms with Gasteiger partial charge in [0.1, 0.15) is 6.61 Å². The summed E-state index contributed by atoms with van der Waals surface area (Å²) in [6, 6.07) is 5.52. The normalized spacial score (nSPS) is 10.4. The number of nitrogens with two attached hydrogens (primary N) is 1. The molecule has 0 unspecified atom stereocenters. The number of nitrogens with one attached hydrogen (secondary N) is 1. The number of anilines is 1. The topological polar surface area (TPSA) is 77.2 Å². The molecule has 1 heterocycles. The number of hydrogen-bond acceptors (Lipinski definition) is 5. The number of benzene rings is 1. The van der Waals surface area contributed by atoms with Crippen LogP contribution in [0.2, 0.25) is 5.02 Å². The molecule has 0 atom stereocenters. The van der Waals surface area contributed by atoms with Gasteiger partial charge in [0.05, 0.1) is 16.8 Å². The molecule has 0 fully saturated rings. The highest BCUT2D eigenvalue weighted by molar-refractivity contribution is 7.22. The van der Waals surface area contributed by atoms with E-state index < -0.39 is 6.09 Å². The van der Waals surface area contributed by atoms with Gasteiger partial charge >= 0.3 is 6.09 Å². The number of carbonyl (C=O) groups excluding carboxylic acids is 1. The molecule has 1 aromatic carbocycles. The van der Waals surface area contributed by atoms with E-state index in [0.717, 1.165) is 15.3 Å². The fourth-order valence-electron chi connectivity index (χ4n) is 1.28. The third kappa shape index (κ3) is 3.21. The van der Waals surface area contributed by atoms with Crippen LogP contribution in [0.4, 0.5) is 9.93 Å². The molecule has 0 bridgehead atoms. The number of amides is 1. The van der Waals surface area contributed by atoms with Crippen LogP contribution in [0.15, 0.2) is 18.2 Å². The predicted octanol–water partition coefficient (Wildman–Crippen LogP) is 2.46. The molecule has 1 amide bonds. The summed E-state index contributed by atoms with van der Waals surface area (Å²) in [6.45, 7) is 0.683. The minimum atomic E-state index is -0.775. The summed E-state index contributed by atoms with van der Waals surface area (Å²) in [7, 11) is 0. The van der Waals surface area contributed by atoms with Crippen molar-refractivity contribution in [2.75, 3.05) is 18.5 Å². The van der Waals surface area contributed by atoms with E-state index in [2.05, 4.69) is 15.0 Å². The quantitative estimate of drug-likeness (QED) is 0.838. The summed E-state index contributed by atoms with van der Waals surface area (Å²) in [4.78, 5) is 14.7. The first kappa shape index (κ1) is 11.9. The van der Waals surface area contributed by atoms with E-state index in [1.54, 1.807) is 6.07 Å². The highest BCUT2D eigenvalue weighted by atomic mass is 35.5. The monoisotopic (exact) mass is 271 g/mol. The lowest BCUT2D eigenvalue weighted by Gasteiger charge is -2.01. The van der Waals surface area contributed by atoms with Gasteiger partial charge in [0, 0.05) is 5.02 Å². The third-order valence-corrected chi connectivity index (χ3v) is 3.18. The number of thiazole rings is 1. The van der Waals surface area contributed by atoms with Gasteiger partial charge in [-0.1, -0.05) is 22.9 Å². The molecule has 5 nitrogen and oxygen atoms in total. The van der Waals surface area contributed by atoms with Gasteiger partial charge in [-0.3, -0.25) is 0 Å². The van der Waals surface area contributed by atoms with E-state index in [1.807, 2.05) is 12.1 Å². The molecule has 0 aliphatic rings. The number of hydrogen-bond donors (Lipinski definition) is 2. The standard InChI is InChI=1S/C10H10ClN3O2S/c11-6-1-2-7-8(5-6)17-10(14-7)13-3-4-16-9(12)15/h1-2,5H,3-4H2,(H2,12,15)(H,13,14).